The van der Waals surface area contributed by atoms with Gasteiger partial charge in [-0.25, -0.2) is 16.8 Å². The fourth-order valence-electron chi connectivity index (χ4n) is 1.51. The zero-order valence-electron chi connectivity index (χ0n) is 11.0. The lowest BCUT2D eigenvalue weighted by Crippen LogP contribution is -2.38. The van der Waals surface area contributed by atoms with E-state index in [0.29, 0.717) is 0 Å². The maximum atomic E-state index is 10.7. The lowest BCUT2D eigenvalue weighted by atomic mass is 9.96. The molecule has 0 aromatic carbocycles. The van der Waals surface area contributed by atoms with Crippen molar-refractivity contribution in [1.29, 1.82) is 0 Å². The van der Waals surface area contributed by atoms with Gasteiger partial charge in [0.05, 0.1) is 21.6 Å². The van der Waals surface area contributed by atoms with E-state index in [0.717, 1.165) is 11.6 Å². The van der Waals surface area contributed by atoms with Crippen LogP contribution in [-0.2, 0) is 29.2 Å². The van der Waals surface area contributed by atoms with Gasteiger partial charge in [-0.05, 0) is 0 Å². The highest BCUT2D eigenvalue weighted by molar-refractivity contribution is 8.06. The molecule has 0 unspecified atom stereocenters. The van der Waals surface area contributed by atoms with Gasteiger partial charge in [-0.15, -0.1) is 46.2 Å². The molecule has 1 aliphatic rings. The van der Waals surface area contributed by atoms with Crippen LogP contribution >= 0.6 is 58.4 Å². The first-order chi connectivity index (χ1) is 10.5. The van der Waals surface area contributed by atoms with Gasteiger partial charge in [-0.1, -0.05) is 12.2 Å². The minimum absolute atomic E-state index is 0.208. The van der Waals surface area contributed by atoms with Crippen LogP contribution in [0.15, 0.2) is 8.42 Å². The zero-order chi connectivity index (χ0) is 17.3. The van der Waals surface area contributed by atoms with E-state index >= 15 is 0 Å². The van der Waals surface area contributed by atoms with E-state index in [9.17, 15) is 25.9 Å². The minimum atomic E-state index is -4.95. The summed E-state index contributed by atoms with van der Waals surface area (Å²) < 4.78 is 75.3. The number of rotatable bonds is 6. The van der Waals surface area contributed by atoms with Crippen molar-refractivity contribution in [2.75, 3.05) is 24.7 Å². The van der Waals surface area contributed by atoms with Crippen LogP contribution < -0.4 is 0 Å². The van der Waals surface area contributed by atoms with E-state index in [1.54, 1.807) is 0 Å². The van der Waals surface area contributed by atoms with Crippen LogP contribution in [0.4, 0.5) is 0 Å². The van der Waals surface area contributed by atoms with Gasteiger partial charge in [0, 0.05) is 16.9 Å². The van der Waals surface area contributed by atoms with Gasteiger partial charge >= 0.3 is 0 Å². The molecule has 0 spiro atoms. The average Bonchev–Trinajstić information content (AvgIpc) is 2.67. The second kappa shape index (κ2) is 7.53. The van der Waals surface area contributed by atoms with E-state index in [4.69, 9.17) is 12.2 Å². The fourth-order valence-corrected chi connectivity index (χ4v) is 8.88. The predicted molar refractivity (Wildman–Crippen MR) is 88.2 cm³/mol. The molecule has 0 saturated carbocycles. The van der Waals surface area contributed by atoms with Crippen LogP contribution in [0.1, 0.15) is 0 Å². The second-order valence-electron chi connectivity index (χ2n) is 4.45. The first-order valence-electron chi connectivity index (χ1n) is 5.58. The van der Waals surface area contributed by atoms with Crippen LogP contribution in [0.5, 0.6) is 0 Å². The third-order valence-electron chi connectivity index (χ3n) is 2.56. The molecule has 0 aliphatic carbocycles. The molecule has 2 heterocycles. The Morgan fingerprint density at radius 3 is 1.70 bits per heavy atom. The summed E-state index contributed by atoms with van der Waals surface area (Å²) in [6.45, 7) is -1.15. The molecule has 0 fully saturated rings. The summed E-state index contributed by atoms with van der Waals surface area (Å²) in [6.07, 6.45) is 0. The third-order valence-corrected chi connectivity index (χ3v) is 9.65. The summed E-state index contributed by atoms with van der Waals surface area (Å²) in [4.78, 5) is 0. The van der Waals surface area contributed by atoms with Crippen LogP contribution in [0.25, 0.3) is 0 Å². The summed E-state index contributed by atoms with van der Waals surface area (Å²) in [5, 5.41) is 0. The number of hydrogen-bond donors (Lipinski definition) is 0. The van der Waals surface area contributed by atoms with Crippen molar-refractivity contribution in [2.24, 2.45) is 5.41 Å². The Morgan fingerprint density at radius 1 is 0.957 bits per heavy atom. The highest BCUT2D eigenvalue weighted by atomic mass is 32.3. The summed E-state index contributed by atoms with van der Waals surface area (Å²) in [5.74, 6) is 0.417. The summed E-state index contributed by atoms with van der Waals surface area (Å²) in [6, 6.07) is 0. The van der Waals surface area contributed by atoms with E-state index in [1.165, 1.54) is 46.2 Å². The monoisotopic (exact) mass is 456 g/mol. The van der Waals surface area contributed by atoms with E-state index in [2.05, 4.69) is 8.37 Å². The average molecular weight is 457 g/mol. The third kappa shape index (κ3) is 6.50. The second-order valence-corrected chi connectivity index (χ2v) is 12.3. The van der Waals surface area contributed by atoms with E-state index < -0.39 is 39.4 Å². The molecule has 1 aromatic rings. The molecule has 1 aromatic heterocycles. The van der Waals surface area contributed by atoms with Gasteiger partial charge in [0.1, 0.15) is 3.14 Å². The minimum Gasteiger partial charge on any atom is -0.726 e. The Kier molecular flexibility index (Phi) is 6.55. The predicted octanol–water partition coefficient (Wildman–Crippen LogP) is 1.68. The number of hydrogen-bond acceptors (Lipinski definition) is 13. The van der Waals surface area contributed by atoms with Gasteiger partial charge in [0.25, 0.3) is 0 Å². The van der Waals surface area contributed by atoms with Crippen molar-refractivity contribution in [2.45, 2.75) is 8.42 Å². The lowest BCUT2D eigenvalue weighted by Gasteiger charge is -2.31. The molecule has 1 aliphatic heterocycles. The summed E-state index contributed by atoms with van der Waals surface area (Å²) >= 11 is 10.5. The van der Waals surface area contributed by atoms with Crippen LogP contribution in [0, 0.1) is 8.55 Å². The van der Waals surface area contributed by atoms with Crippen molar-refractivity contribution in [3.63, 3.8) is 0 Å². The molecule has 0 N–H and O–H groups in total. The molecule has 15 heteroatoms. The lowest BCUT2D eigenvalue weighted by molar-refractivity contribution is 0.107. The maximum Gasteiger partial charge on any atom is 0.217 e. The smallest absolute Gasteiger partial charge is 0.217 e. The maximum absolute atomic E-state index is 10.7. The van der Waals surface area contributed by atoms with Crippen molar-refractivity contribution >= 4 is 79.2 Å². The normalized spacial score (nSPS) is 18.3. The highest BCUT2D eigenvalue weighted by Crippen LogP contribution is 2.48. The Labute approximate surface area is 154 Å². The van der Waals surface area contributed by atoms with Gasteiger partial charge in [-0.2, -0.15) is 0 Å². The number of fused-ring (bicyclic) bond motifs is 1. The molecule has 0 saturated heterocycles. The molecule has 132 valence electrons. The Hall–Kier alpha value is 0.710. The quantitative estimate of drug-likeness (QED) is 0.351. The Morgan fingerprint density at radius 2 is 1.35 bits per heavy atom. The largest absolute Gasteiger partial charge is 0.726 e. The SMILES string of the molecule is O=S(=O)([O-])OCC1(COS(=O)(=O)[O-])CSc2sc(=S)sc2SC1. The zero-order valence-corrected chi connectivity index (χ0v) is 16.7. The first-order valence-corrected chi connectivity index (χ1v) is 12.3. The van der Waals surface area contributed by atoms with E-state index in [1.807, 2.05) is 0 Å². The molecular formula is C8H8O8S7-2. The topological polar surface area (TPSA) is 133 Å². The summed E-state index contributed by atoms with van der Waals surface area (Å²) in [5.41, 5.74) is -1.13. The molecule has 0 radical (unpaired) electrons. The van der Waals surface area contributed by atoms with Crippen LogP contribution in [0.3, 0.4) is 0 Å². The molecule has 2 rings (SSSR count). The fraction of sp³-hybridized carbons (Fsp3) is 0.625. The van der Waals surface area contributed by atoms with Crippen molar-refractivity contribution in [3.05, 3.63) is 3.14 Å². The Bertz CT molecular complexity index is 752. The van der Waals surface area contributed by atoms with Gasteiger partial charge < -0.3 is 9.11 Å². The van der Waals surface area contributed by atoms with Gasteiger partial charge in [-0.3, -0.25) is 8.37 Å². The molecule has 8 nitrogen and oxygen atoms in total. The standard InChI is InChI=1S/C8H10O8S7/c9-22(10,11)15-1-8(2-16-23(12,13)14)3-18-5-6(19-4-8)21-7(17)20-5/h1-4H2,(H,9,10,11)(H,12,13,14)/p-2. The number of thioether (sulfide) groups is 2. The van der Waals surface area contributed by atoms with Crippen LogP contribution in [-0.4, -0.2) is 50.7 Å². The van der Waals surface area contributed by atoms with Crippen molar-refractivity contribution in [3.8, 4) is 0 Å². The molecule has 23 heavy (non-hydrogen) atoms. The molecule has 0 amide bonds. The van der Waals surface area contributed by atoms with Gasteiger partial charge in [0.2, 0.25) is 20.8 Å². The van der Waals surface area contributed by atoms with E-state index in [-0.39, 0.29) is 11.5 Å². The highest BCUT2D eigenvalue weighted by Gasteiger charge is 2.36. The Balaban J connectivity index is 2.20. The van der Waals surface area contributed by atoms with Crippen molar-refractivity contribution in [1.82, 2.24) is 0 Å². The first kappa shape index (κ1) is 20.0. The van der Waals surface area contributed by atoms with Gasteiger partial charge in [0.15, 0.2) is 0 Å². The summed E-state index contributed by atoms with van der Waals surface area (Å²) in [7, 11) is -9.90. The molecule has 0 bridgehead atoms. The van der Waals surface area contributed by atoms with Crippen LogP contribution in [0.2, 0.25) is 0 Å². The van der Waals surface area contributed by atoms with Crippen molar-refractivity contribution < 1.29 is 34.3 Å². The molecular weight excluding hydrogens is 449 g/mol. The molecule has 0 atom stereocenters.